The molecule has 1 saturated carbocycles. The molecule has 1 aromatic carbocycles. The minimum Gasteiger partial charge on any atom is -0.378 e. The van der Waals surface area contributed by atoms with Crippen molar-refractivity contribution in [2.75, 3.05) is 26.3 Å². The summed E-state index contributed by atoms with van der Waals surface area (Å²) < 4.78 is 5.37. The van der Waals surface area contributed by atoms with Crippen molar-refractivity contribution in [2.24, 2.45) is 0 Å². The van der Waals surface area contributed by atoms with Crippen molar-refractivity contribution >= 4 is 16.8 Å². The first-order chi connectivity index (χ1) is 11.3. The lowest BCUT2D eigenvalue weighted by Crippen LogP contribution is -2.40. The molecule has 2 aromatic rings. The van der Waals surface area contributed by atoms with Gasteiger partial charge in [-0.3, -0.25) is 9.78 Å². The molecule has 0 unspecified atom stereocenters. The number of carbonyl (C=O) groups excluding carboxylic acids is 1. The molecule has 0 radical (unpaired) electrons. The van der Waals surface area contributed by atoms with Gasteiger partial charge in [-0.2, -0.15) is 0 Å². The topological polar surface area (TPSA) is 42.4 Å². The number of hydrogen-bond donors (Lipinski definition) is 0. The third-order valence-corrected chi connectivity index (χ3v) is 5.04. The predicted molar refractivity (Wildman–Crippen MR) is 89.7 cm³/mol. The van der Waals surface area contributed by atoms with Gasteiger partial charge in [0, 0.05) is 30.1 Å². The quantitative estimate of drug-likeness (QED) is 0.854. The van der Waals surface area contributed by atoms with E-state index in [1.807, 2.05) is 29.2 Å². The molecule has 120 valence electrons. The van der Waals surface area contributed by atoms with Crippen LogP contribution in [0.5, 0.6) is 0 Å². The molecule has 1 aliphatic carbocycles. The standard InChI is InChI=1S/C19H22N2O2/c22-19(21-9-11-23-12-10-21)16-13-18(14-5-1-2-6-14)20-17-8-4-3-7-15(16)17/h3-4,7-8,13-14H,1-2,5-6,9-12H2. The Bertz CT molecular complexity index is 716. The molecule has 2 fully saturated rings. The number of fused-ring (bicyclic) bond motifs is 1. The van der Waals surface area contributed by atoms with Gasteiger partial charge >= 0.3 is 0 Å². The van der Waals surface area contributed by atoms with Crippen LogP contribution in [0.2, 0.25) is 0 Å². The molecule has 1 saturated heterocycles. The van der Waals surface area contributed by atoms with E-state index < -0.39 is 0 Å². The Kier molecular flexibility index (Phi) is 4.00. The minimum absolute atomic E-state index is 0.117. The van der Waals surface area contributed by atoms with E-state index in [0.717, 1.165) is 22.2 Å². The largest absolute Gasteiger partial charge is 0.378 e. The van der Waals surface area contributed by atoms with Crippen LogP contribution in [0.1, 0.15) is 47.7 Å². The molecule has 0 spiro atoms. The van der Waals surface area contributed by atoms with Gasteiger partial charge in [0.05, 0.1) is 24.3 Å². The van der Waals surface area contributed by atoms with Crippen LogP contribution in [0.25, 0.3) is 10.9 Å². The van der Waals surface area contributed by atoms with Gasteiger partial charge in [0.1, 0.15) is 0 Å². The number of carbonyl (C=O) groups is 1. The van der Waals surface area contributed by atoms with E-state index in [-0.39, 0.29) is 5.91 Å². The van der Waals surface area contributed by atoms with Crippen molar-refractivity contribution in [1.29, 1.82) is 0 Å². The summed E-state index contributed by atoms with van der Waals surface area (Å²) in [5.74, 6) is 0.627. The van der Waals surface area contributed by atoms with E-state index in [0.29, 0.717) is 32.2 Å². The lowest BCUT2D eigenvalue weighted by molar-refractivity contribution is 0.0304. The second kappa shape index (κ2) is 6.28. The van der Waals surface area contributed by atoms with Crippen LogP contribution in [0, 0.1) is 0 Å². The zero-order valence-corrected chi connectivity index (χ0v) is 13.3. The van der Waals surface area contributed by atoms with Gasteiger partial charge in [0.2, 0.25) is 0 Å². The number of aromatic nitrogens is 1. The zero-order valence-electron chi connectivity index (χ0n) is 13.3. The van der Waals surface area contributed by atoms with Crippen LogP contribution >= 0.6 is 0 Å². The highest BCUT2D eigenvalue weighted by Crippen LogP contribution is 2.35. The summed E-state index contributed by atoms with van der Waals surface area (Å²) in [6, 6.07) is 10.1. The predicted octanol–water partition coefficient (Wildman–Crippen LogP) is 3.36. The SMILES string of the molecule is O=C(c1cc(C2CCCC2)nc2ccccc12)N1CCOCC1. The summed E-state index contributed by atoms with van der Waals surface area (Å²) in [7, 11) is 0. The maximum atomic E-state index is 13.0. The lowest BCUT2D eigenvalue weighted by Gasteiger charge is -2.27. The first-order valence-corrected chi connectivity index (χ1v) is 8.59. The number of pyridine rings is 1. The fourth-order valence-electron chi connectivity index (χ4n) is 3.74. The molecule has 1 aromatic heterocycles. The first-order valence-electron chi connectivity index (χ1n) is 8.59. The molecule has 4 rings (SSSR count). The van der Waals surface area contributed by atoms with Crippen LogP contribution in [-0.2, 0) is 4.74 Å². The van der Waals surface area contributed by atoms with E-state index >= 15 is 0 Å². The molecule has 0 bridgehead atoms. The Labute approximate surface area is 136 Å². The van der Waals surface area contributed by atoms with Gasteiger partial charge in [0.25, 0.3) is 5.91 Å². The van der Waals surface area contributed by atoms with Gasteiger partial charge in [-0.05, 0) is 25.0 Å². The minimum atomic E-state index is 0.117. The molecule has 0 N–H and O–H groups in total. The smallest absolute Gasteiger partial charge is 0.254 e. The van der Waals surface area contributed by atoms with Crippen LogP contribution in [-0.4, -0.2) is 42.1 Å². The lowest BCUT2D eigenvalue weighted by atomic mass is 9.98. The van der Waals surface area contributed by atoms with Crippen molar-refractivity contribution < 1.29 is 9.53 Å². The fraction of sp³-hybridized carbons (Fsp3) is 0.474. The second-order valence-electron chi connectivity index (χ2n) is 6.50. The van der Waals surface area contributed by atoms with Crippen molar-refractivity contribution in [1.82, 2.24) is 9.88 Å². The van der Waals surface area contributed by atoms with E-state index in [1.54, 1.807) is 0 Å². The number of benzene rings is 1. The zero-order chi connectivity index (χ0) is 15.6. The number of rotatable bonds is 2. The molecular formula is C19H22N2O2. The normalized spacial score (nSPS) is 19.4. The number of ether oxygens (including phenoxy) is 1. The Morgan fingerprint density at radius 2 is 1.87 bits per heavy atom. The third kappa shape index (κ3) is 2.83. The second-order valence-corrected chi connectivity index (χ2v) is 6.50. The van der Waals surface area contributed by atoms with E-state index in [4.69, 9.17) is 9.72 Å². The van der Waals surface area contributed by atoms with E-state index in [9.17, 15) is 4.79 Å². The van der Waals surface area contributed by atoms with Gasteiger partial charge in [-0.15, -0.1) is 0 Å². The third-order valence-electron chi connectivity index (χ3n) is 5.04. The summed E-state index contributed by atoms with van der Waals surface area (Å²) >= 11 is 0. The average Bonchev–Trinajstić information content (AvgIpc) is 3.15. The van der Waals surface area contributed by atoms with E-state index in [2.05, 4.69) is 6.07 Å². The summed E-state index contributed by atoms with van der Waals surface area (Å²) in [6.07, 6.45) is 4.92. The number of nitrogens with zero attached hydrogens (tertiary/aromatic N) is 2. The number of amides is 1. The fourth-order valence-corrected chi connectivity index (χ4v) is 3.74. The number of morpholine rings is 1. The molecule has 4 nitrogen and oxygen atoms in total. The maximum absolute atomic E-state index is 13.0. The average molecular weight is 310 g/mol. The van der Waals surface area contributed by atoms with Crippen LogP contribution in [0.3, 0.4) is 0 Å². The van der Waals surface area contributed by atoms with Crippen molar-refractivity contribution in [3.63, 3.8) is 0 Å². The molecular weight excluding hydrogens is 288 g/mol. The monoisotopic (exact) mass is 310 g/mol. The number of para-hydroxylation sites is 1. The summed E-state index contributed by atoms with van der Waals surface area (Å²) in [4.78, 5) is 19.8. The highest BCUT2D eigenvalue weighted by molar-refractivity contribution is 6.06. The highest BCUT2D eigenvalue weighted by atomic mass is 16.5. The highest BCUT2D eigenvalue weighted by Gasteiger charge is 2.24. The molecule has 0 atom stereocenters. The molecule has 4 heteroatoms. The molecule has 1 aliphatic heterocycles. The molecule has 2 aliphatic rings. The Balaban J connectivity index is 1.77. The Morgan fingerprint density at radius 1 is 1.13 bits per heavy atom. The van der Waals surface area contributed by atoms with Gasteiger partial charge < -0.3 is 9.64 Å². The van der Waals surface area contributed by atoms with Crippen LogP contribution < -0.4 is 0 Å². The molecule has 23 heavy (non-hydrogen) atoms. The van der Waals surface area contributed by atoms with Gasteiger partial charge in [-0.1, -0.05) is 31.0 Å². The van der Waals surface area contributed by atoms with Gasteiger partial charge in [0.15, 0.2) is 0 Å². The molecule has 1 amide bonds. The van der Waals surface area contributed by atoms with Crippen molar-refractivity contribution in [3.05, 3.63) is 41.6 Å². The van der Waals surface area contributed by atoms with E-state index in [1.165, 1.54) is 25.7 Å². The number of hydrogen-bond acceptors (Lipinski definition) is 3. The Morgan fingerprint density at radius 3 is 2.65 bits per heavy atom. The maximum Gasteiger partial charge on any atom is 0.254 e. The van der Waals surface area contributed by atoms with Gasteiger partial charge in [-0.25, -0.2) is 0 Å². The first kappa shape index (κ1) is 14.6. The summed E-state index contributed by atoms with van der Waals surface area (Å²) in [5.41, 5.74) is 2.84. The summed E-state index contributed by atoms with van der Waals surface area (Å²) in [5, 5.41) is 0.964. The van der Waals surface area contributed by atoms with Crippen molar-refractivity contribution in [3.8, 4) is 0 Å². The van der Waals surface area contributed by atoms with Crippen molar-refractivity contribution in [2.45, 2.75) is 31.6 Å². The molecule has 2 heterocycles. The van der Waals surface area contributed by atoms with Crippen LogP contribution in [0.4, 0.5) is 0 Å². The van der Waals surface area contributed by atoms with Crippen LogP contribution in [0.15, 0.2) is 30.3 Å². The summed E-state index contributed by atoms with van der Waals surface area (Å²) in [6.45, 7) is 2.61. The Hall–Kier alpha value is -1.94.